The number of aromatic nitrogens is 1. The minimum atomic E-state index is 0.669. The number of hydrogen-bond acceptors (Lipinski definition) is 4. The van der Waals surface area contributed by atoms with Crippen LogP contribution in [-0.4, -0.2) is 35.6 Å². The second kappa shape index (κ2) is 5.75. The Morgan fingerprint density at radius 3 is 3.25 bits per heavy atom. The van der Waals surface area contributed by atoms with Crippen molar-refractivity contribution in [2.24, 2.45) is 5.92 Å². The molecule has 2 unspecified atom stereocenters. The molecule has 1 N–H and O–H groups in total. The van der Waals surface area contributed by atoms with Gasteiger partial charge < -0.3 is 5.32 Å². The van der Waals surface area contributed by atoms with Gasteiger partial charge in [-0.25, -0.2) is 4.98 Å². The summed E-state index contributed by atoms with van der Waals surface area (Å²) in [6.07, 6.45) is 3.15. The van der Waals surface area contributed by atoms with Gasteiger partial charge in [0.15, 0.2) is 0 Å². The van der Waals surface area contributed by atoms with Crippen molar-refractivity contribution >= 4 is 11.3 Å². The van der Waals surface area contributed by atoms with Crippen LogP contribution >= 0.6 is 11.3 Å². The van der Waals surface area contributed by atoms with Gasteiger partial charge in [0.05, 0.1) is 6.54 Å². The average molecular weight is 239 g/mol. The topological polar surface area (TPSA) is 28.2 Å². The number of nitrogens with zero attached hydrogens (tertiary/aromatic N) is 2. The summed E-state index contributed by atoms with van der Waals surface area (Å²) in [6, 6.07) is 0.669. The summed E-state index contributed by atoms with van der Waals surface area (Å²) in [6.45, 7) is 9.04. The molecule has 90 valence electrons. The molecule has 2 rings (SSSR count). The summed E-state index contributed by atoms with van der Waals surface area (Å²) in [5.74, 6) is 0.757. The molecule has 0 saturated carbocycles. The predicted molar refractivity (Wildman–Crippen MR) is 68.6 cm³/mol. The monoisotopic (exact) mass is 239 g/mol. The first-order valence-corrected chi connectivity index (χ1v) is 7.02. The smallest absolute Gasteiger partial charge is 0.107 e. The van der Waals surface area contributed by atoms with Crippen LogP contribution in [0.3, 0.4) is 0 Å². The van der Waals surface area contributed by atoms with Crippen LogP contribution in [0.4, 0.5) is 0 Å². The van der Waals surface area contributed by atoms with E-state index < -0.39 is 0 Å². The molecule has 2 atom stereocenters. The third-order valence-corrected chi connectivity index (χ3v) is 4.29. The van der Waals surface area contributed by atoms with Gasteiger partial charge in [0.1, 0.15) is 5.01 Å². The molecule has 0 radical (unpaired) electrons. The van der Waals surface area contributed by atoms with Crippen LogP contribution in [0.1, 0.15) is 25.3 Å². The highest BCUT2D eigenvalue weighted by Crippen LogP contribution is 2.19. The van der Waals surface area contributed by atoms with Gasteiger partial charge in [0.2, 0.25) is 0 Å². The summed E-state index contributed by atoms with van der Waals surface area (Å²) < 4.78 is 0. The summed E-state index contributed by atoms with van der Waals surface area (Å²) in [4.78, 5) is 6.97. The van der Waals surface area contributed by atoms with Crippen LogP contribution in [0.25, 0.3) is 0 Å². The first kappa shape index (κ1) is 12.0. The second-order valence-corrected chi connectivity index (χ2v) is 5.53. The lowest BCUT2D eigenvalue weighted by molar-refractivity contribution is 0.109. The molecule has 0 aliphatic carbocycles. The van der Waals surface area contributed by atoms with Gasteiger partial charge in [-0.3, -0.25) is 4.90 Å². The number of hydrogen-bond donors (Lipinski definition) is 1. The van der Waals surface area contributed by atoms with Gasteiger partial charge in [-0.1, -0.05) is 20.3 Å². The molecule has 0 bridgehead atoms. The first-order valence-electron chi connectivity index (χ1n) is 6.14. The van der Waals surface area contributed by atoms with Crippen LogP contribution in [0, 0.1) is 5.92 Å². The second-order valence-electron chi connectivity index (χ2n) is 4.55. The molecule has 1 fully saturated rings. The quantitative estimate of drug-likeness (QED) is 0.870. The van der Waals surface area contributed by atoms with Crippen molar-refractivity contribution in [2.75, 3.05) is 19.6 Å². The van der Waals surface area contributed by atoms with Gasteiger partial charge >= 0.3 is 0 Å². The van der Waals surface area contributed by atoms with Crippen molar-refractivity contribution in [1.29, 1.82) is 0 Å². The third kappa shape index (κ3) is 2.81. The standard InChI is InChI=1S/C12H21N3S/c1-3-10(2)11-8-13-4-6-15(11)9-12-14-5-7-16-12/h5,7,10-11,13H,3-4,6,8-9H2,1-2H3. The Hall–Kier alpha value is -0.450. The number of rotatable bonds is 4. The lowest BCUT2D eigenvalue weighted by Crippen LogP contribution is -2.53. The third-order valence-electron chi connectivity index (χ3n) is 3.52. The Morgan fingerprint density at radius 2 is 2.56 bits per heavy atom. The highest BCUT2D eigenvalue weighted by molar-refractivity contribution is 7.09. The van der Waals surface area contributed by atoms with Crippen molar-refractivity contribution in [2.45, 2.75) is 32.9 Å². The van der Waals surface area contributed by atoms with E-state index in [4.69, 9.17) is 0 Å². The molecular weight excluding hydrogens is 218 g/mol. The maximum atomic E-state index is 4.39. The Labute approximate surface area is 102 Å². The summed E-state index contributed by atoms with van der Waals surface area (Å²) >= 11 is 1.76. The van der Waals surface area contributed by atoms with E-state index in [1.54, 1.807) is 11.3 Å². The zero-order valence-electron chi connectivity index (χ0n) is 10.1. The highest BCUT2D eigenvalue weighted by Gasteiger charge is 2.26. The fourth-order valence-electron chi connectivity index (χ4n) is 2.30. The van der Waals surface area contributed by atoms with Gasteiger partial charge in [-0.2, -0.15) is 0 Å². The average Bonchev–Trinajstić information content (AvgIpc) is 2.82. The molecule has 1 aromatic rings. The van der Waals surface area contributed by atoms with Crippen LogP contribution in [-0.2, 0) is 6.54 Å². The number of piperazine rings is 1. The molecule has 3 nitrogen and oxygen atoms in total. The molecule has 1 aliphatic heterocycles. The molecule has 0 aromatic carbocycles. The van der Waals surface area contributed by atoms with Gasteiger partial charge in [-0.15, -0.1) is 11.3 Å². The molecule has 1 saturated heterocycles. The van der Waals surface area contributed by atoms with Gasteiger partial charge in [0, 0.05) is 37.3 Å². The molecule has 1 aliphatic rings. The maximum absolute atomic E-state index is 4.39. The van der Waals surface area contributed by atoms with Crippen molar-refractivity contribution in [3.05, 3.63) is 16.6 Å². The van der Waals surface area contributed by atoms with Crippen molar-refractivity contribution in [1.82, 2.24) is 15.2 Å². The molecule has 4 heteroatoms. The van der Waals surface area contributed by atoms with Crippen LogP contribution in [0.5, 0.6) is 0 Å². The Balaban J connectivity index is 1.99. The Kier molecular flexibility index (Phi) is 4.32. The summed E-state index contributed by atoms with van der Waals surface area (Å²) in [7, 11) is 0. The molecule has 0 amide bonds. The first-order chi connectivity index (χ1) is 7.81. The molecule has 16 heavy (non-hydrogen) atoms. The zero-order valence-corrected chi connectivity index (χ0v) is 11.0. The highest BCUT2D eigenvalue weighted by atomic mass is 32.1. The fraction of sp³-hybridized carbons (Fsp3) is 0.750. The van der Waals surface area contributed by atoms with E-state index in [1.807, 2.05) is 6.20 Å². The van der Waals surface area contributed by atoms with Gasteiger partial charge in [-0.05, 0) is 5.92 Å². The zero-order chi connectivity index (χ0) is 11.4. The normalized spacial score (nSPS) is 24.5. The van der Waals surface area contributed by atoms with Gasteiger partial charge in [0.25, 0.3) is 0 Å². The maximum Gasteiger partial charge on any atom is 0.107 e. The van der Waals surface area contributed by atoms with Crippen molar-refractivity contribution < 1.29 is 0 Å². The van der Waals surface area contributed by atoms with E-state index in [0.717, 1.165) is 32.1 Å². The number of nitrogens with one attached hydrogen (secondary N) is 1. The van der Waals surface area contributed by atoms with E-state index in [-0.39, 0.29) is 0 Å². The molecule has 1 aromatic heterocycles. The summed E-state index contributed by atoms with van der Waals surface area (Å²) in [5, 5.41) is 6.81. The predicted octanol–water partition coefficient (Wildman–Crippen LogP) is 1.96. The Bertz CT molecular complexity index is 299. The SMILES string of the molecule is CCC(C)C1CNCCN1Cc1nccs1. The van der Waals surface area contributed by atoms with Crippen LogP contribution < -0.4 is 5.32 Å². The van der Waals surface area contributed by atoms with Crippen LogP contribution in [0.2, 0.25) is 0 Å². The van der Waals surface area contributed by atoms with E-state index >= 15 is 0 Å². The fourth-order valence-corrected chi connectivity index (χ4v) is 2.94. The lowest BCUT2D eigenvalue weighted by atomic mass is 9.96. The molecular formula is C12H21N3S. The van der Waals surface area contributed by atoms with E-state index in [1.165, 1.54) is 11.4 Å². The molecule has 2 heterocycles. The minimum Gasteiger partial charge on any atom is -0.314 e. The Morgan fingerprint density at radius 1 is 1.69 bits per heavy atom. The lowest BCUT2D eigenvalue weighted by Gasteiger charge is -2.39. The van der Waals surface area contributed by atoms with E-state index in [2.05, 4.69) is 34.4 Å². The number of thiazole rings is 1. The van der Waals surface area contributed by atoms with Crippen LogP contribution in [0.15, 0.2) is 11.6 Å². The van der Waals surface area contributed by atoms with Crippen molar-refractivity contribution in [3.8, 4) is 0 Å². The largest absolute Gasteiger partial charge is 0.314 e. The minimum absolute atomic E-state index is 0.669. The molecule has 0 spiro atoms. The summed E-state index contributed by atoms with van der Waals surface area (Å²) in [5.41, 5.74) is 0. The van der Waals surface area contributed by atoms with E-state index in [0.29, 0.717) is 6.04 Å². The van der Waals surface area contributed by atoms with E-state index in [9.17, 15) is 0 Å². The van der Waals surface area contributed by atoms with Crippen molar-refractivity contribution in [3.63, 3.8) is 0 Å².